The standard InChI is InChI=1S/C18H16ClN/c19-14-7-9-18-16(11-14)15-10-13(6-8-17(15)20-18)12-4-2-1-3-5-12/h1-5,7,9,11,13,20H,6,8,10H2. The first-order valence-electron chi connectivity index (χ1n) is 7.15. The average molecular weight is 282 g/mol. The second-order valence-corrected chi connectivity index (χ2v) is 6.06. The summed E-state index contributed by atoms with van der Waals surface area (Å²) in [4.78, 5) is 3.56. The first-order valence-corrected chi connectivity index (χ1v) is 7.53. The SMILES string of the molecule is Clc1ccc2[nH]c3c(c2c1)CC(c1ccccc1)CC3. The summed E-state index contributed by atoms with van der Waals surface area (Å²) in [7, 11) is 0. The Kier molecular flexibility index (Phi) is 2.82. The molecule has 0 saturated heterocycles. The van der Waals surface area contributed by atoms with Crippen LogP contribution in [0.4, 0.5) is 0 Å². The molecule has 0 amide bonds. The topological polar surface area (TPSA) is 15.8 Å². The number of fused-ring (bicyclic) bond motifs is 3. The molecular formula is C18H16ClN. The number of hydrogen-bond donors (Lipinski definition) is 1. The highest BCUT2D eigenvalue weighted by Crippen LogP contribution is 2.37. The lowest BCUT2D eigenvalue weighted by molar-refractivity contribution is 0.582. The van der Waals surface area contributed by atoms with Gasteiger partial charge in [0.1, 0.15) is 0 Å². The van der Waals surface area contributed by atoms with Crippen LogP contribution in [0, 0.1) is 0 Å². The normalized spacial score (nSPS) is 18.1. The smallest absolute Gasteiger partial charge is 0.0460 e. The zero-order valence-electron chi connectivity index (χ0n) is 11.2. The fraction of sp³-hybridized carbons (Fsp3) is 0.222. The third kappa shape index (κ3) is 1.94. The van der Waals surface area contributed by atoms with Gasteiger partial charge in [0.2, 0.25) is 0 Å². The highest BCUT2D eigenvalue weighted by Gasteiger charge is 2.23. The van der Waals surface area contributed by atoms with E-state index < -0.39 is 0 Å². The molecule has 0 fully saturated rings. The molecule has 2 heteroatoms. The van der Waals surface area contributed by atoms with E-state index in [9.17, 15) is 0 Å². The maximum atomic E-state index is 6.16. The van der Waals surface area contributed by atoms with Crippen LogP contribution in [-0.2, 0) is 12.8 Å². The maximum Gasteiger partial charge on any atom is 0.0460 e. The molecule has 1 heterocycles. The Balaban J connectivity index is 1.78. The molecule has 0 radical (unpaired) electrons. The van der Waals surface area contributed by atoms with Gasteiger partial charge in [-0.05, 0) is 54.5 Å². The lowest BCUT2D eigenvalue weighted by atomic mass is 9.82. The van der Waals surface area contributed by atoms with Gasteiger partial charge in [-0.3, -0.25) is 0 Å². The number of aromatic amines is 1. The molecule has 1 aromatic heterocycles. The highest BCUT2D eigenvalue weighted by atomic mass is 35.5. The quantitative estimate of drug-likeness (QED) is 0.639. The van der Waals surface area contributed by atoms with Gasteiger partial charge in [0.05, 0.1) is 0 Å². The molecule has 1 aliphatic rings. The van der Waals surface area contributed by atoms with E-state index in [1.165, 1.54) is 34.1 Å². The molecule has 4 rings (SSSR count). The van der Waals surface area contributed by atoms with Gasteiger partial charge in [-0.2, -0.15) is 0 Å². The van der Waals surface area contributed by atoms with E-state index in [1.54, 1.807) is 0 Å². The summed E-state index contributed by atoms with van der Waals surface area (Å²) in [6.45, 7) is 0. The van der Waals surface area contributed by atoms with Crippen molar-refractivity contribution in [2.75, 3.05) is 0 Å². The Hall–Kier alpha value is -1.73. The first-order chi connectivity index (χ1) is 9.81. The molecule has 1 atom stereocenters. The largest absolute Gasteiger partial charge is 0.358 e. The molecule has 0 aliphatic heterocycles. The average Bonchev–Trinajstić information content (AvgIpc) is 2.85. The molecule has 0 saturated carbocycles. The van der Waals surface area contributed by atoms with Crippen molar-refractivity contribution in [2.24, 2.45) is 0 Å². The molecule has 100 valence electrons. The number of benzene rings is 2. The summed E-state index contributed by atoms with van der Waals surface area (Å²) >= 11 is 6.16. The van der Waals surface area contributed by atoms with Crippen molar-refractivity contribution < 1.29 is 0 Å². The van der Waals surface area contributed by atoms with Gasteiger partial charge in [0.15, 0.2) is 0 Å². The van der Waals surface area contributed by atoms with Crippen LogP contribution >= 0.6 is 11.6 Å². The zero-order valence-corrected chi connectivity index (χ0v) is 12.0. The van der Waals surface area contributed by atoms with Crippen molar-refractivity contribution in [1.29, 1.82) is 0 Å². The van der Waals surface area contributed by atoms with Gasteiger partial charge < -0.3 is 4.98 Å². The van der Waals surface area contributed by atoms with Gasteiger partial charge in [0.25, 0.3) is 0 Å². The second-order valence-electron chi connectivity index (χ2n) is 5.62. The molecule has 0 spiro atoms. The number of aromatic nitrogens is 1. The van der Waals surface area contributed by atoms with Gasteiger partial charge in [-0.15, -0.1) is 0 Å². The van der Waals surface area contributed by atoms with Gasteiger partial charge in [-0.1, -0.05) is 41.9 Å². The van der Waals surface area contributed by atoms with Crippen LogP contribution in [-0.4, -0.2) is 4.98 Å². The fourth-order valence-electron chi connectivity index (χ4n) is 3.40. The van der Waals surface area contributed by atoms with Crippen molar-refractivity contribution in [1.82, 2.24) is 4.98 Å². The minimum atomic E-state index is 0.627. The van der Waals surface area contributed by atoms with E-state index in [2.05, 4.69) is 47.4 Å². The van der Waals surface area contributed by atoms with Crippen molar-refractivity contribution >= 4 is 22.5 Å². The fourth-order valence-corrected chi connectivity index (χ4v) is 3.57. The summed E-state index contributed by atoms with van der Waals surface area (Å²) in [5, 5.41) is 2.12. The van der Waals surface area contributed by atoms with Crippen LogP contribution in [0.15, 0.2) is 48.5 Å². The van der Waals surface area contributed by atoms with E-state index in [0.29, 0.717) is 5.92 Å². The van der Waals surface area contributed by atoms with Crippen molar-refractivity contribution in [3.63, 3.8) is 0 Å². The van der Waals surface area contributed by atoms with Crippen molar-refractivity contribution in [2.45, 2.75) is 25.2 Å². The van der Waals surface area contributed by atoms with E-state index >= 15 is 0 Å². The molecule has 3 aromatic rings. The van der Waals surface area contributed by atoms with Crippen LogP contribution in [0.1, 0.15) is 29.2 Å². The molecule has 1 aliphatic carbocycles. The Morgan fingerprint density at radius 2 is 1.90 bits per heavy atom. The predicted octanol–water partition coefficient (Wildman–Crippen LogP) is 5.09. The van der Waals surface area contributed by atoms with Crippen LogP contribution < -0.4 is 0 Å². The van der Waals surface area contributed by atoms with Crippen molar-refractivity contribution in [3.05, 3.63) is 70.4 Å². The molecular weight excluding hydrogens is 266 g/mol. The van der Waals surface area contributed by atoms with E-state index in [0.717, 1.165) is 17.9 Å². The Morgan fingerprint density at radius 1 is 1.05 bits per heavy atom. The number of aryl methyl sites for hydroxylation is 1. The van der Waals surface area contributed by atoms with E-state index in [-0.39, 0.29) is 0 Å². The molecule has 1 N–H and O–H groups in total. The van der Waals surface area contributed by atoms with Gasteiger partial charge >= 0.3 is 0 Å². The number of H-pyrrole nitrogens is 1. The Labute approximate surface area is 123 Å². The predicted molar refractivity (Wildman–Crippen MR) is 84.5 cm³/mol. The minimum Gasteiger partial charge on any atom is -0.358 e. The lowest BCUT2D eigenvalue weighted by Gasteiger charge is -2.22. The second kappa shape index (κ2) is 4.68. The Morgan fingerprint density at radius 3 is 2.75 bits per heavy atom. The van der Waals surface area contributed by atoms with Crippen molar-refractivity contribution in [3.8, 4) is 0 Å². The third-order valence-electron chi connectivity index (χ3n) is 4.42. The molecule has 0 bridgehead atoms. The Bertz CT molecular complexity index is 758. The number of rotatable bonds is 1. The summed E-state index contributed by atoms with van der Waals surface area (Å²) in [6, 6.07) is 17.0. The maximum absolute atomic E-state index is 6.16. The summed E-state index contributed by atoms with van der Waals surface area (Å²) in [5.41, 5.74) is 5.53. The number of hydrogen-bond acceptors (Lipinski definition) is 0. The zero-order chi connectivity index (χ0) is 13.5. The summed E-state index contributed by atoms with van der Waals surface area (Å²) in [5.74, 6) is 0.627. The molecule has 2 aromatic carbocycles. The molecule has 20 heavy (non-hydrogen) atoms. The van der Waals surface area contributed by atoms with E-state index in [4.69, 9.17) is 11.6 Å². The summed E-state index contributed by atoms with van der Waals surface area (Å²) < 4.78 is 0. The lowest BCUT2D eigenvalue weighted by Crippen LogP contribution is -2.11. The minimum absolute atomic E-state index is 0.627. The first kappa shape index (κ1) is 12.0. The monoisotopic (exact) mass is 281 g/mol. The van der Waals surface area contributed by atoms with Gasteiger partial charge in [-0.25, -0.2) is 0 Å². The van der Waals surface area contributed by atoms with Crippen LogP contribution in [0.5, 0.6) is 0 Å². The van der Waals surface area contributed by atoms with Crippen LogP contribution in [0.3, 0.4) is 0 Å². The van der Waals surface area contributed by atoms with Crippen LogP contribution in [0.25, 0.3) is 10.9 Å². The van der Waals surface area contributed by atoms with Gasteiger partial charge in [0, 0.05) is 21.6 Å². The number of nitrogens with one attached hydrogen (secondary N) is 1. The summed E-state index contributed by atoms with van der Waals surface area (Å²) in [6.07, 6.45) is 3.46. The van der Waals surface area contributed by atoms with Crippen LogP contribution in [0.2, 0.25) is 5.02 Å². The third-order valence-corrected chi connectivity index (χ3v) is 4.66. The molecule has 1 unspecified atom stereocenters. The highest BCUT2D eigenvalue weighted by molar-refractivity contribution is 6.31. The molecule has 1 nitrogen and oxygen atoms in total. The van der Waals surface area contributed by atoms with E-state index in [1.807, 2.05) is 6.07 Å². The number of halogens is 1.